The normalized spacial score (nSPS) is 11.4. The molecule has 2 heterocycles. The summed E-state index contributed by atoms with van der Waals surface area (Å²) in [6, 6.07) is 16.7. The third-order valence-corrected chi connectivity index (χ3v) is 7.07. The van der Waals surface area contributed by atoms with Gasteiger partial charge in [-0.15, -0.1) is 0 Å². The molecule has 0 fully saturated rings. The van der Waals surface area contributed by atoms with Gasteiger partial charge >= 0.3 is 0 Å². The third kappa shape index (κ3) is 5.13. The van der Waals surface area contributed by atoms with E-state index in [1.54, 1.807) is 43.3 Å². The molecule has 0 unspecified atom stereocenters. The molecule has 0 spiro atoms. The van der Waals surface area contributed by atoms with Crippen molar-refractivity contribution < 1.29 is 17.6 Å². The van der Waals surface area contributed by atoms with Crippen LogP contribution in [0.2, 0.25) is 5.02 Å². The maximum absolute atomic E-state index is 14.1. The number of sulfonamides is 1. The molecular formula is C25H18ClFN6O3S. The Morgan fingerprint density at radius 2 is 1.76 bits per heavy atom. The molecule has 5 aromatic rings. The van der Waals surface area contributed by atoms with E-state index in [0.717, 1.165) is 6.07 Å². The Morgan fingerprint density at radius 1 is 1.03 bits per heavy atom. The number of hydrogen-bond donors (Lipinski definition) is 3. The molecule has 3 aromatic carbocycles. The molecule has 5 rings (SSSR count). The van der Waals surface area contributed by atoms with Crippen LogP contribution < -0.4 is 10.0 Å². The van der Waals surface area contributed by atoms with Crippen LogP contribution >= 0.6 is 11.6 Å². The fraction of sp³-hybridized carbons (Fsp3) is 0.0400. The average Bonchev–Trinajstić information content (AvgIpc) is 3.28. The van der Waals surface area contributed by atoms with E-state index in [2.05, 4.69) is 30.2 Å². The zero-order chi connectivity index (χ0) is 26.2. The molecule has 9 nitrogen and oxygen atoms in total. The summed E-state index contributed by atoms with van der Waals surface area (Å²) in [7, 11) is -4.11. The molecule has 0 aliphatic carbocycles. The van der Waals surface area contributed by atoms with Crippen LogP contribution in [0.1, 0.15) is 15.9 Å². The van der Waals surface area contributed by atoms with Crippen molar-refractivity contribution in [2.45, 2.75) is 11.8 Å². The van der Waals surface area contributed by atoms with Crippen LogP contribution in [0.4, 0.5) is 15.9 Å². The molecule has 2 aromatic heterocycles. The monoisotopic (exact) mass is 536 g/mol. The lowest BCUT2D eigenvalue weighted by Crippen LogP contribution is -2.14. The smallest absolute Gasteiger partial charge is 0.264 e. The standard InChI is InChI=1S/C25H18ClFN6O3S/c1-14-2-11-19(27)21(12-14)37(35,36)33-18-9-5-15(6-10-18)20-13-28-22-23(29-20)31-32-24(22)30-25(34)16-3-7-17(26)8-4-16/h2-13,33H,1H3,(H2,29,30,31,32,34). The number of carbonyl (C=O) groups excluding carboxylic acids is 1. The van der Waals surface area contributed by atoms with Gasteiger partial charge in [0.25, 0.3) is 15.9 Å². The number of carbonyl (C=O) groups is 1. The Hall–Kier alpha value is -4.35. The number of aromatic nitrogens is 4. The lowest BCUT2D eigenvalue weighted by molar-refractivity contribution is 0.102. The van der Waals surface area contributed by atoms with Crippen molar-refractivity contribution in [3.8, 4) is 11.3 Å². The van der Waals surface area contributed by atoms with E-state index in [-0.39, 0.29) is 17.4 Å². The molecule has 1 amide bonds. The number of anilines is 2. The van der Waals surface area contributed by atoms with Crippen molar-refractivity contribution in [2.24, 2.45) is 0 Å². The van der Waals surface area contributed by atoms with Crippen LogP contribution in [0.15, 0.2) is 77.8 Å². The summed E-state index contributed by atoms with van der Waals surface area (Å²) in [6.07, 6.45) is 1.51. The molecule has 0 bridgehead atoms. The van der Waals surface area contributed by atoms with Gasteiger partial charge in [-0.2, -0.15) is 5.10 Å². The lowest BCUT2D eigenvalue weighted by atomic mass is 10.1. The average molecular weight is 537 g/mol. The number of aryl methyl sites for hydroxylation is 1. The zero-order valence-corrected chi connectivity index (χ0v) is 20.7. The molecule has 186 valence electrons. The number of hydrogen-bond acceptors (Lipinski definition) is 6. The quantitative estimate of drug-likeness (QED) is 0.274. The highest BCUT2D eigenvalue weighted by Crippen LogP contribution is 2.25. The van der Waals surface area contributed by atoms with Gasteiger partial charge in [-0.1, -0.05) is 29.8 Å². The van der Waals surface area contributed by atoms with E-state index in [9.17, 15) is 17.6 Å². The van der Waals surface area contributed by atoms with Crippen molar-refractivity contribution >= 4 is 50.2 Å². The number of nitrogens with zero attached hydrogens (tertiary/aromatic N) is 3. The van der Waals surface area contributed by atoms with Gasteiger partial charge in [-0.3, -0.25) is 14.6 Å². The van der Waals surface area contributed by atoms with E-state index in [0.29, 0.717) is 38.6 Å². The van der Waals surface area contributed by atoms with Gasteiger partial charge in [0.1, 0.15) is 10.7 Å². The predicted molar refractivity (Wildman–Crippen MR) is 138 cm³/mol. The summed E-state index contributed by atoms with van der Waals surface area (Å²) in [5.74, 6) is -0.983. The molecule has 0 aliphatic heterocycles. The summed E-state index contributed by atoms with van der Waals surface area (Å²) in [6.45, 7) is 1.68. The van der Waals surface area contributed by atoms with Gasteiger partial charge in [0.2, 0.25) is 0 Å². The molecule has 12 heteroatoms. The summed E-state index contributed by atoms with van der Waals surface area (Å²) >= 11 is 5.86. The first-order valence-corrected chi connectivity index (χ1v) is 12.7. The highest BCUT2D eigenvalue weighted by atomic mass is 35.5. The van der Waals surface area contributed by atoms with Crippen molar-refractivity contribution in [2.75, 3.05) is 10.0 Å². The zero-order valence-electron chi connectivity index (χ0n) is 19.2. The van der Waals surface area contributed by atoms with Crippen LogP contribution in [-0.2, 0) is 10.0 Å². The molecule has 0 saturated carbocycles. The van der Waals surface area contributed by atoms with Gasteiger partial charge in [-0.05, 0) is 61.0 Å². The molecule has 0 atom stereocenters. The Bertz CT molecular complexity index is 1740. The SMILES string of the molecule is Cc1ccc(F)c(S(=O)(=O)Nc2ccc(-c3cnc4c(NC(=O)c5ccc(Cl)cc5)n[nH]c4n3)cc2)c1. The Morgan fingerprint density at radius 3 is 2.49 bits per heavy atom. The van der Waals surface area contributed by atoms with E-state index >= 15 is 0 Å². The van der Waals surface area contributed by atoms with Crippen molar-refractivity contribution in [1.29, 1.82) is 0 Å². The van der Waals surface area contributed by atoms with E-state index in [1.165, 1.54) is 30.5 Å². The first-order valence-electron chi connectivity index (χ1n) is 10.9. The molecule has 3 N–H and O–H groups in total. The van der Waals surface area contributed by atoms with Crippen LogP contribution in [-0.4, -0.2) is 34.5 Å². The number of nitrogens with one attached hydrogen (secondary N) is 3. The highest BCUT2D eigenvalue weighted by Gasteiger charge is 2.20. The molecule has 37 heavy (non-hydrogen) atoms. The number of halogens is 2. The topological polar surface area (TPSA) is 130 Å². The minimum Gasteiger partial charge on any atom is -0.303 e. The summed E-state index contributed by atoms with van der Waals surface area (Å²) in [5.41, 5.74) is 3.15. The van der Waals surface area contributed by atoms with Crippen LogP contribution in [0.5, 0.6) is 0 Å². The minimum absolute atomic E-state index is 0.224. The number of benzene rings is 3. The number of H-pyrrole nitrogens is 1. The van der Waals surface area contributed by atoms with Crippen molar-refractivity contribution in [3.63, 3.8) is 0 Å². The molecule has 0 saturated heterocycles. The van der Waals surface area contributed by atoms with E-state index in [1.807, 2.05) is 0 Å². The van der Waals surface area contributed by atoms with Gasteiger partial charge in [0, 0.05) is 21.8 Å². The van der Waals surface area contributed by atoms with Crippen molar-refractivity contribution in [3.05, 3.63) is 94.9 Å². The maximum atomic E-state index is 14.1. The first kappa shape index (κ1) is 24.3. The summed E-state index contributed by atoms with van der Waals surface area (Å²) < 4.78 is 41.7. The Balaban J connectivity index is 1.34. The fourth-order valence-electron chi connectivity index (χ4n) is 3.55. The van der Waals surface area contributed by atoms with Gasteiger partial charge < -0.3 is 5.32 Å². The fourth-order valence-corrected chi connectivity index (χ4v) is 4.89. The molecular weight excluding hydrogens is 519 g/mol. The second kappa shape index (κ2) is 9.60. The maximum Gasteiger partial charge on any atom is 0.264 e. The highest BCUT2D eigenvalue weighted by molar-refractivity contribution is 7.92. The minimum atomic E-state index is -4.11. The van der Waals surface area contributed by atoms with Gasteiger partial charge in [0.15, 0.2) is 17.0 Å². The summed E-state index contributed by atoms with van der Waals surface area (Å²) in [5, 5.41) is 10.1. The number of rotatable bonds is 6. The Labute approximate surface area is 215 Å². The summed E-state index contributed by atoms with van der Waals surface area (Å²) in [4.78, 5) is 20.9. The van der Waals surface area contributed by atoms with Crippen molar-refractivity contribution in [1.82, 2.24) is 20.2 Å². The largest absolute Gasteiger partial charge is 0.303 e. The van der Waals surface area contributed by atoms with Crippen LogP contribution in [0.3, 0.4) is 0 Å². The predicted octanol–water partition coefficient (Wildman–Crippen LogP) is 5.17. The lowest BCUT2D eigenvalue weighted by Gasteiger charge is -2.10. The Kier molecular flexibility index (Phi) is 6.32. The second-order valence-electron chi connectivity index (χ2n) is 8.10. The van der Waals surface area contributed by atoms with Crippen LogP contribution in [0.25, 0.3) is 22.4 Å². The first-order chi connectivity index (χ1) is 17.7. The second-order valence-corrected chi connectivity index (χ2v) is 10.2. The van der Waals surface area contributed by atoms with Crippen LogP contribution in [0, 0.1) is 12.7 Å². The third-order valence-electron chi connectivity index (χ3n) is 5.42. The molecule has 0 aliphatic rings. The van der Waals surface area contributed by atoms with E-state index < -0.39 is 20.7 Å². The number of aromatic amines is 1. The molecule has 0 radical (unpaired) electrons. The van der Waals surface area contributed by atoms with Gasteiger partial charge in [0.05, 0.1) is 11.9 Å². The number of fused-ring (bicyclic) bond motifs is 1. The number of amides is 1. The van der Waals surface area contributed by atoms with E-state index in [4.69, 9.17) is 11.6 Å². The van der Waals surface area contributed by atoms with Gasteiger partial charge in [-0.25, -0.2) is 22.8 Å².